The van der Waals surface area contributed by atoms with Crippen molar-refractivity contribution in [2.24, 2.45) is 11.8 Å². The molecule has 0 spiro atoms. The lowest BCUT2D eigenvalue weighted by molar-refractivity contribution is 0.181. The maximum absolute atomic E-state index is 5.31. The summed E-state index contributed by atoms with van der Waals surface area (Å²) in [6.45, 7) is 12.8. The summed E-state index contributed by atoms with van der Waals surface area (Å²) in [4.78, 5) is 8.60. The first-order valence-corrected chi connectivity index (χ1v) is 8.78. The SMILES string of the molecule is COCc1nc(N2CCC(C(C)C)C2)sc1CNC(C)C. The molecule has 1 N–H and O–H groups in total. The smallest absolute Gasteiger partial charge is 0.185 e. The average Bonchev–Trinajstić information content (AvgIpc) is 3.03. The van der Waals surface area contributed by atoms with Gasteiger partial charge in [0.2, 0.25) is 0 Å². The van der Waals surface area contributed by atoms with Crippen LogP contribution in [0.15, 0.2) is 0 Å². The van der Waals surface area contributed by atoms with Crippen molar-refractivity contribution in [3.8, 4) is 0 Å². The summed E-state index contributed by atoms with van der Waals surface area (Å²) in [6, 6.07) is 0.489. The predicted octanol–water partition coefficient (Wildman–Crippen LogP) is 3.27. The number of ether oxygens (including phenoxy) is 1. The molecule has 120 valence electrons. The second-order valence-electron chi connectivity index (χ2n) is 6.57. The van der Waals surface area contributed by atoms with E-state index in [2.05, 4.69) is 37.9 Å². The maximum Gasteiger partial charge on any atom is 0.185 e. The van der Waals surface area contributed by atoms with Crippen molar-refractivity contribution in [1.82, 2.24) is 10.3 Å². The first kappa shape index (κ1) is 16.7. The molecular weight excluding hydrogens is 282 g/mol. The minimum Gasteiger partial charge on any atom is -0.378 e. The van der Waals surface area contributed by atoms with Crippen molar-refractivity contribution in [2.45, 2.75) is 53.3 Å². The van der Waals surface area contributed by atoms with Gasteiger partial charge in [0, 0.05) is 37.7 Å². The summed E-state index contributed by atoms with van der Waals surface area (Å²) in [5.74, 6) is 1.56. The van der Waals surface area contributed by atoms with E-state index in [1.165, 1.54) is 16.4 Å². The maximum atomic E-state index is 5.31. The fourth-order valence-corrected chi connectivity index (χ4v) is 3.74. The average molecular weight is 311 g/mol. The number of thiazole rings is 1. The van der Waals surface area contributed by atoms with Gasteiger partial charge in [0.1, 0.15) is 0 Å². The summed E-state index contributed by atoms with van der Waals surface area (Å²) in [5.41, 5.74) is 1.10. The molecule has 2 rings (SSSR count). The zero-order valence-electron chi connectivity index (χ0n) is 14.0. The Hall–Kier alpha value is -0.650. The molecule has 0 radical (unpaired) electrons. The van der Waals surface area contributed by atoms with Gasteiger partial charge in [0.05, 0.1) is 12.3 Å². The third-order valence-electron chi connectivity index (χ3n) is 4.16. The number of nitrogens with zero attached hydrogens (tertiary/aromatic N) is 2. The minimum atomic E-state index is 0.489. The van der Waals surface area contributed by atoms with Crippen LogP contribution < -0.4 is 10.2 Å². The van der Waals surface area contributed by atoms with E-state index in [9.17, 15) is 0 Å². The van der Waals surface area contributed by atoms with Gasteiger partial charge in [-0.15, -0.1) is 11.3 Å². The number of methoxy groups -OCH3 is 1. The van der Waals surface area contributed by atoms with Gasteiger partial charge in [-0.2, -0.15) is 0 Å². The highest BCUT2D eigenvalue weighted by molar-refractivity contribution is 7.15. The lowest BCUT2D eigenvalue weighted by Gasteiger charge is -2.16. The van der Waals surface area contributed by atoms with Crippen LogP contribution in [0.5, 0.6) is 0 Å². The minimum absolute atomic E-state index is 0.489. The molecule has 1 aromatic heterocycles. The highest BCUT2D eigenvalue weighted by Crippen LogP contribution is 2.33. The van der Waals surface area contributed by atoms with Crippen molar-refractivity contribution in [3.63, 3.8) is 0 Å². The molecule has 1 saturated heterocycles. The summed E-state index contributed by atoms with van der Waals surface area (Å²) in [7, 11) is 1.74. The quantitative estimate of drug-likeness (QED) is 0.838. The topological polar surface area (TPSA) is 37.4 Å². The fraction of sp³-hybridized carbons (Fsp3) is 0.812. The van der Waals surface area contributed by atoms with Gasteiger partial charge >= 0.3 is 0 Å². The number of hydrogen-bond donors (Lipinski definition) is 1. The molecule has 5 heteroatoms. The fourth-order valence-electron chi connectivity index (χ4n) is 2.69. The Morgan fingerprint density at radius 1 is 1.38 bits per heavy atom. The van der Waals surface area contributed by atoms with Gasteiger partial charge in [0.15, 0.2) is 5.13 Å². The molecule has 0 aromatic carbocycles. The van der Waals surface area contributed by atoms with Gasteiger partial charge in [-0.25, -0.2) is 4.98 Å². The van der Waals surface area contributed by atoms with E-state index in [0.717, 1.165) is 37.2 Å². The number of hydrogen-bond acceptors (Lipinski definition) is 5. The Bertz CT molecular complexity index is 445. The standard InChI is InChI=1S/C16H29N3OS/c1-11(2)13-6-7-19(9-13)16-18-14(10-20-5)15(21-16)8-17-12(3)4/h11-13,17H,6-10H2,1-5H3. The zero-order chi connectivity index (χ0) is 15.4. The highest BCUT2D eigenvalue weighted by atomic mass is 32.1. The van der Waals surface area contributed by atoms with Crippen molar-refractivity contribution in [3.05, 3.63) is 10.6 Å². The lowest BCUT2D eigenvalue weighted by atomic mass is 9.95. The second kappa shape index (κ2) is 7.56. The molecule has 2 heterocycles. The predicted molar refractivity (Wildman–Crippen MR) is 90.0 cm³/mol. The van der Waals surface area contributed by atoms with Crippen LogP contribution in [-0.4, -0.2) is 31.2 Å². The second-order valence-corrected chi connectivity index (χ2v) is 7.64. The van der Waals surface area contributed by atoms with Crippen molar-refractivity contribution >= 4 is 16.5 Å². The Morgan fingerprint density at radius 2 is 2.14 bits per heavy atom. The van der Waals surface area contributed by atoms with Crippen LogP contribution in [0.3, 0.4) is 0 Å². The molecule has 0 saturated carbocycles. The lowest BCUT2D eigenvalue weighted by Crippen LogP contribution is -2.21. The van der Waals surface area contributed by atoms with Crippen LogP contribution >= 0.6 is 11.3 Å². The van der Waals surface area contributed by atoms with Gasteiger partial charge in [-0.1, -0.05) is 27.7 Å². The molecule has 1 unspecified atom stereocenters. The van der Waals surface area contributed by atoms with Crippen molar-refractivity contribution in [2.75, 3.05) is 25.1 Å². The monoisotopic (exact) mass is 311 g/mol. The van der Waals surface area contributed by atoms with Crippen LogP contribution in [0.4, 0.5) is 5.13 Å². The van der Waals surface area contributed by atoms with Gasteiger partial charge in [-0.3, -0.25) is 0 Å². The van der Waals surface area contributed by atoms with Crippen LogP contribution in [0.25, 0.3) is 0 Å². The van der Waals surface area contributed by atoms with Crippen molar-refractivity contribution < 1.29 is 4.74 Å². The van der Waals surface area contributed by atoms with E-state index in [1.54, 1.807) is 7.11 Å². The van der Waals surface area contributed by atoms with E-state index in [4.69, 9.17) is 9.72 Å². The molecule has 4 nitrogen and oxygen atoms in total. The van der Waals surface area contributed by atoms with E-state index in [-0.39, 0.29) is 0 Å². The summed E-state index contributed by atoms with van der Waals surface area (Å²) in [6.07, 6.45) is 1.29. The first-order valence-electron chi connectivity index (χ1n) is 7.97. The summed E-state index contributed by atoms with van der Waals surface area (Å²) < 4.78 is 5.31. The molecule has 0 amide bonds. The normalized spacial score (nSPS) is 19.2. The van der Waals surface area contributed by atoms with Crippen LogP contribution in [0.2, 0.25) is 0 Å². The zero-order valence-corrected chi connectivity index (χ0v) is 14.8. The van der Waals surface area contributed by atoms with Gasteiger partial charge in [0.25, 0.3) is 0 Å². The Labute approximate surface area is 132 Å². The number of anilines is 1. The summed E-state index contributed by atoms with van der Waals surface area (Å²) in [5, 5.41) is 4.66. The van der Waals surface area contributed by atoms with E-state index >= 15 is 0 Å². The molecule has 0 aliphatic carbocycles. The van der Waals surface area contributed by atoms with Crippen molar-refractivity contribution in [1.29, 1.82) is 0 Å². The number of rotatable bonds is 7. The molecule has 0 bridgehead atoms. The molecular formula is C16H29N3OS. The number of nitrogens with one attached hydrogen (secondary N) is 1. The van der Waals surface area contributed by atoms with E-state index in [0.29, 0.717) is 12.6 Å². The largest absolute Gasteiger partial charge is 0.378 e. The first-order chi connectivity index (χ1) is 10.0. The molecule has 1 aliphatic heterocycles. The van der Waals surface area contributed by atoms with Crippen LogP contribution in [0, 0.1) is 11.8 Å². The molecule has 1 aromatic rings. The highest BCUT2D eigenvalue weighted by Gasteiger charge is 2.27. The van der Waals surface area contributed by atoms with Gasteiger partial charge in [-0.05, 0) is 18.3 Å². The summed E-state index contributed by atoms with van der Waals surface area (Å²) >= 11 is 1.82. The Kier molecular flexibility index (Phi) is 6.02. The molecule has 21 heavy (non-hydrogen) atoms. The molecule has 1 atom stereocenters. The van der Waals surface area contributed by atoms with Crippen LogP contribution in [0.1, 0.15) is 44.7 Å². The van der Waals surface area contributed by atoms with E-state index in [1.807, 2.05) is 11.3 Å². The number of aromatic nitrogens is 1. The van der Waals surface area contributed by atoms with Gasteiger partial charge < -0.3 is 15.0 Å². The molecule has 1 aliphatic rings. The third-order valence-corrected chi connectivity index (χ3v) is 5.32. The van der Waals surface area contributed by atoms with E-state index < -0.39 is 0 Å². The Balaban J connectivity index is 2.08. The van der Waals surface area contributed by atoms with Crippen LogP contribution in [-0.2, 0) is 17.9 Å². The third kappa shape index (κ3) is 4.41. The Morgan fingerprint density at radius 3 is 2.71 bits per heavy atom. The molecule has 1 fully saturated rings.